The van der Waals surface area contributed by atoms with Crippen molar-refractivity contribution in [3.63, 3.8) is 0 Å². The summed E-state index contributed by atoms with van der Waals surface area (Å²) in [6.45, 7) is 16.3. The molecule has 2 aliphatic heterocycles. The molecule has 0 aliphatic carbocycles. The van der Waals surface area contributed by atoms with E-state index in [1.54, 1.807) is 7.11 Å². The lowest BCUT2D eigenvalue weighted by Crippen LogP contribution is -2.48. The van der Waals surface area contributed by atoms with Crippen LogP contribution in [0.25, 0.3) is 0 Å². The Morgan fingerprint density at radius 2 is 2.08 bits per heavy atom. The minimum absolute atomic E-state index is 0.0214. The monoisotopic (exact) mass is 381 g/mol. The Kier molecular flexibility index (Phi) is 5.09. The molecule has 146 valence electrons. The molecule has 0 unspecified atom stereocenters. The van der Waals surface area contributed by atoms with Gasteiger partial charge in [-0.3, -0.25) is 0 Å². The molecule has 3 rings (SSSR count). The van der Waals surface area contributed by atoms with Gasteiger partial charge in [-0.15, -0.1) is 0 Å². The molecule has 0 spiro atoms. The second-order valence-electron chi connectivity index (χ2n) is 8.84. The Balaban J connectivity index is 1.71. The van der Waals surface area contributed by atoms with E-state index in [0.29, 0.717) is 24.4 Å². The predicted molar refractivity (Wildman–Crippen MR) is 101 cm³/mol. The summed E-state index contributed by atoms with van der Waals surface area (Å²) < 4.78 is 26.2. The van der Waals surface area contributed by atoms with Crippen LogP contribution in [-0.4, -0.2) is 39.2 Å². The molecule has 1 fully saturated rings. The summed E-state index contributed by atoms with van der Waals surface area (Å²) in [6, 6.07) is 0.565. The van der Waals surface area contributed by atoms with Crippen molar-refractivity contribution in [1.29, 1.82) is 0 Å². The van der Waals surface area contributed by atoms with Gasteiger partial charge >= 0.3 is 11.9 Å². The van der Waals surface area contributed by atoms with E-state index < -0.39 is 8.32 Å². The number of fused-ring (bicyclic) bond motifs is 4. The van der Waals surface area contributed by atoms with Gasteiger partial charge in [-0.25, -0.2) is 0 Å². The summed E-state index contributed by atoms with van der Waals surface area (Å²) in [6.07, 6.45) is 2.69. The lowest BCUT2D eigenvalue weighted by molar-refractivity contribution is -0.769. The van der Waals surface area contributed by atoms with Crippen LogP contribution < -0.4 is 14.0 Å². The summed E-state index contributed by atoms with van der Waals surface area (Å²) in [7, 11) is -0.262. The maximum atomic E-state index is 6.49. The molecule has 26 heavy (non-hydrogen) atoms. The van der Waals surface area contributed by atoms with Crippen LogP contribution in [0.2, 0.25) is 18.1 Å². The van der Waals surface area contributed by atoms with E-state index in [9.17, 15) is 0 Å². The Labute approximate surface area is 158 Å². The molecular formula is C19H33N2O4Si+. The van der Waals surface area contributed by atoms with Gasteiger partial charge in [-0.05, 0) is 31.0 Å². The molecule has 3 atom stereocenters. The number of hydrogen-bond acceptors (Lipinski definition) is 5. The first kappa shape index (κ1) is 19.6. The van der Waals surface area contributed by atoms with Crippen LogP contribution in [0, 0.1) is 12.8 Å². The third-order valence-corrected chi connectivity index (χ3v) is 11.2. The summed E-state index contributed by atoms with van der Waals surface area (Å²) >= 11 is 0. The fraction of sp³-hybridized carbons (Fsp3) is 0.789. The Bertz CT molecular complexity index is 678. The van der Waals surface area contributed by atoms with E-state index in [1.807, 2.05) is 17.7 Å². The highest BCUT2D eigenvalue weighted by Crippen LogP contribution is 2.45. The average Bonchev–Trinajstić information content (AvgIpc) is 2.90. The zero-order valence-corrected chi connectivity index (χ0v) is 18.3. The van der Waals surface area contributed by atoms with Crippen LogP contribution in [0.1, 0.15) is 45.9 Å². The molecule has 7 heteroatoms. The van der Waals surface area contributed by atoms with E-state index in [4.69, 9.17) is 18.6 Å². The normalized spacial score (nSPS) is 25.2. The van der Waals surface area contributed by atoms with Gasteiger partial charge in [0.1, 0.15) is 18.4 Å². The van der Waals surface area contributed by atoms with Gasteiger partial charge in [0.2, 0.25) is 6.23 Å². The van der Waals surface area contributed by atoms with Gasteiger partial charge in [0.25, 0.3) is 0 Å². The largest absolute Gasteiger partial charge is 0.504 e. The van der Waals surface area contributed by atoms with Crippen molar-refractivity contribution in [2.45, 2.75) is 77.6 Å². The van der Waals surface area contributed by atoms with Gasteiger partial charge < -0.3 is 18.6 Å². The topological polar surface area (TPSA) is 53.7 Å². The highest BCUT2D eigenvalue weighted by atomic mass is 28.4. The second-order valence-corrected chi connectivity index (χ2v) is 13.4. The lowest BCUT2D eigenvalue weighted by Gasteiger charge is -2.43. The molecule has 0 aromatic carbocycles. The molecule has 1 saturated heterocycles. The minimum atomic E-state index is -1.89. The van der Waals surface area contributed by atoms with E-state index >= 15 is 0 Å². The van der Waals surface area contributed by atoms with Gasteiger partial charge in [0, 0.05) is 4.98 Å². The van der Waals surface area contributed by atoms with Crippen LogP contribution in [0.5, 0.6) is 11.9 Å². The summed E-state index contributed by atoms with van der Waals surface area (Å²) in [5.41, 5.74) is 0.967. The Morgan fingerprint density at radius 1 is 1.38 bits per heavy atom. The predicted octanol–water partition coefficient (Wildman–Crippen LogP) is 3.39. The van der Waals surface area contributed by atoms with Gasteiger partial charge in [-0.1, -0.05) is 27.7 Å². The first-order valence-electron chi connectivity index (χ1n) is 9.49. The van der Waals surface area contributed by atoms with Crippen LogP contribution in [0.15, 0.2) is 6.20 Å². The summed E-state index contributed by atoms with van der Waals surface area (Å²) in [4.78, 5) is 4.48. The molecule has 1 aromatic rings. The molecule has 0 N–H and O–H groups in total. The molecule has 3 heterocycles. The standard InChI is InChI=1S/C19H33N2O4Si/c1-12(2)19(4,5)26(7,8)23-11-15-14-9-16(24-15)21-10-13(3)17(22-6)20-18(21)25-14/h10,12,14-16H,9,11H2,1-8H3/q+1/t14-,15+,16+/m0/s1. The summed E-state index contributed by atoms with van der Waals surface area (Å²) in [5.74, 6) is 1.17. The minimum Gasteiger partial charge on any atom is -0.462 e. The number of methoxy groups -OCH3 is 1. The van der Waals surface area contributed by atoms with Crippen molar-refractivity contribution >= 4 is 8.32 Å². The molecule has 2 bridgehead atoms. The van der Waals surface area contributed by atoms with Crippen molar-refractivity contribution in [2.24, 2.45) is 5.92 Å². The third kappa shape index (κ3) is 3.25. The molecule has 1 aromatic heterocycles. The van der Waals surface area contributed by atoms with Crippen molar-refractivity contribution in [1.82, 2.24) is 4.98 Å². The Morgan fingerprint density at radius 3 is 2.69 bits per heavy atom. The fourth-order valence-electron chi connectivity index (χ4n) is 3.50. The molecule has 6 nitrogen and oxygen atoms in total. The number of ether oxygens (including phenoxy) is 3. The maximum absolute atomic E-state index is 6.49. The number of aromatic nitrogens is 2. The van der Waals surface area contributed by atoms with Gasteiger partial charge in [0.05, 0.1) is 25.7 Å². The Hall–Kier alpha value is -1.18. The van der Waals surface area contributed by atoms with E-state index in [-0.39, 0.29) is 23.5 Å². The summed E-state index contributed by atoms with van der Waals surface area (Å²) in [5, 5.41) is 0.186. The highest BCUT2D eigenvalue weighted by Gasteiger charge is 2.50. The fourth-order valence-corrected chi connectivity index (χ4v) is 5.85. The van der Waals surface area contributed by atoms with Crippen molar-refractivity contribution in [3.8, 4) is 11.9 Å². The molecule has 0 amide bonds. The third-order valence-electron chi connectivity index (χ3n) is 6.63. The highest BCUT2D eigenvalue weighted by molar-refractivity contribution is 6.74. The van der Waals surface area contributed by atoms with Crippen LogP contribution in [-0.2, 0) is 9.16 Å². The molecule has 2 aliphatic rings. The number of rotatable bonds is 6. The quantitative estimate of drug-likeness (QED) is 0.558. The van der Waals surface area contributed by atoms with E-state index in [2.05, 4.69) is 45.8 Å². The number of hydrogen-bond donors (Lipinski definition) is 0. The lowest BCUT2D eigenvalue weighted by atomic mass is 9.99. The molecular weight excluding hydrogens is 348 g/mol. The van der Waals surface area contributed by atoms with Crippen LogP contribution in [0.3, 0.4) is 0 Å². The van der Waals surface area contributed by atoms with E-state index in [1.165, 1.54) is 0 Å². The first-order chi connectivity index (χ1) is 12.1. The SMILES string of the molecule is COc1nc2[n+](cc1C)[C@H]1C[C@H](O2)[C@@H](CO[Si](C)(C)C(C)(C)C(C)C)O1. The number of aryl methyl sites for hydroxylation is 1. The molecule has 0 radical (unpaired) electrons. The zero-order chi connectivity index (χ0) is 19.3. The van der Waals surface area contributed by atoms with Crippen molar-refractivity contribution < 1.29 is 23.2 Å². The maximum Gasteiger partial charge on any atom is 0.504 e. The first-order valence-corrected chi connectivity index (χ1v) is 12.4. The smallest absolute Gasteiger partial charge is 0.462 e. The average molecular weight is 382 g/mol. The van der Waals surface area contributed by atoms with Gasteiger partial charge in [-0.2, -0.15) is 4.57 Å². The molecule has 0 saturated carbocycles. The van der Waals surface area contributed by atoms with Crippen LogP contribution in [0.4, 0.5) is 0 Å². The van der Waals surface area contributed by atoms with Crippen LogP contribution >= 0.6 is 0 Å². The number of nitrogens with zero attached hydrogens (tertiary/aromatic N) is 2. The van der Waals surface area contributed by atoms with Gasteiger partial charge in [0.15, 0.2) is 8.32 Å². The zero-order valence-electron chi connectivity index (χ0n) is 17.3. The van der Waals surface area contributed by atoms with E-state index in [0.717, 1.165) is 12.0 Å². The van der Waals surface area contributed by atoms with Crippen molar-refractivity contribution in [3.05, 3.63) is 11.8 Å². The van der Waals surface area contributed by atoms with Crippen molar-refractivity contribution in [2.75, 3.05) is 13.7 Å². The second kappa shape index (κ2) is 6.76.